The summed E-state index contributed by atoms with van der Waals surface area (Å²) in [5.41, 5.74) is 5.37. The van der Waals surface area contributed by atoms with Gasteiger partial charge in [-0.2, -0.15) is 0 Å². The number of hydrogen-bond acceptors (Lipinski definition) is 8. The van der Waals surface area contributed by atoms with Gasteiger partial charge in [-0.05, 0) is 77.0 Å². The molecule has 0 aliphatic rings. The summed E-state index contributed by atoms with van der Waals surface area (Å²) in [6, 6.07) is 0. The third kappa shape index (κ3) is 61.7. The van der Waals surface area contributed by atoms with Crippen molar-refractivity contribution in [3.8, 4) is 0 Å². The second kappa shape index (κ2) is 61.9. The zero-order valence-corrected chi connectivity index (χ0v) is 50.3. The summed E-state index contributed by atoms with van der Waals surface area (Å²) < 4.78 is 32.8. The van der Waals surface area contributed by atoms with Gasteiger partial charge in [0.25, 0.3) is 0 Å². The van der Waals surface area contributed by atoms with Crippen LogP contribution in [0, 0.1) is 0 Å². The monoisotopic (exact) mass is 1090 g/mol. The molecule has 0 heterocycles. The molecule has 442 valence electrons. The highest BCUT2D eigenvalue weighted by atomic mass is 31.2. The van der Waals surface area contributed by atoms with Crippen LogP contribution in [0.3, 0.4) is 0 Å². The fraction of sp³-hybridized carbons (Fsp3) is 0.701. The van der Waals surface area contributed by atoms with E-state index >= 15 is 0 Å². The maximum atomic E-state index is 12.6. The third-order valence-corrected chi connectivity index (χ3v) is 14.2. The minimum atomic E-state index is -4.41. The van der Waals surface area contributed by atoms with Gasteiger partial charge in [0, 0.05) is 13.0 Å². The van der Waals surface area contributed by atoms with Gasteiger partial charge in [0.2, 0.25) is 0 Å². The van der Waals surface area contributed by atoms with Gasteiger partial charge < -0.3 is 20.1 Å². The highest BCUT2D eigenvalue weighted by Gasteiger charge is 2.25. The van der Waals surface area contributed by atoms with Crippen LogP contribution >= 0.6 is 7.82 Å². The standard InChI is InChI=1S/C67H116NO8P/c1-3-5-7-9-11-13-15-17-19-20-21-22-23-24-25-26-27-28-29-30-31-32-33-34-35-36-37-38-39-40-41-42-43-44-46-47-49-51-53-55-57-59-66(69)73-63-65(64-75-77(71,72)74-62-61-68)76-67(70)60-58-56-54-52-50-48-45-18-16-14-12-10-8-6-4-2/h5-8,11-14,17-19,21-22,45,50,52,56,58,65H,3-4,9-10,15-16,20,23-44,46-49,51,53-55,57,59-64,68H2,1-2H3,(H,71,72)/b7-5-,8-6-,13-11-,14-12-,19-17-,22-21-,45-18-,52-50-,58-56-. The number of carbonyl (C=O) groups is 2. The molecular weight excluding hydrogens is 978 g/mol. The number of ether oxygens (including phenoxy) is 2. The smallest absolute Gasteiger partial charge is 0.462 e. The van der Waals surface area contributed by atoms with E-state index in [0.717, 1.165) is 70.6 Å². The van der Waals surface area contributed by atoms with E-state index in [4.69, 9.17) is 24.3 Å². The molecule has 0 amide bonds. The minimum Gasteiger partial charge on any atom is -0.462 e. The van der Waals surface area contributed by atoms with Gasteiger partial charge in [-0.1, -0.05) is 290 Å². The molecule has 0 saturated heterocycles. The Labute approximate surface area is 473 Å². The number of allylic oxidation sites excluding steroid dienone is 17. The van der Waals surface area contributed by atoms with Crippen LogP contribution in [0.1, 0.15) is 271 Å². The van der Waals surface area contributed by atoms with Crippen LogP contribution in [0.15, 0.2) is 109 Å². The molecule has 0 aliphatic carbocycles. The first-order chi connectivity index (χ1) is 37.8. The number of nitrogens with two attached hydrogens (primary N) is 1. The lowest BCUT2D eigenvalue weighted by Crippen LogP contribution is -2.29. The zero-order valence-electron chi connectivity index (χ0n) is 49.4. The molecule has 0 aromatic rings. The summed E-state index contributed by atoms with van der Waals surface area (Å²) in [5, 5.41) is 0. The number of phosphoric acid groups is 1. The van der Waals surface area contributed by atoms with Crippen LogP contribution in [0.2, 0.25) is 0 Å². The average molecular weight is 1090 g/mol. The zero-order chi connectivity index (χ0) is 55.9. The van der Waals surface area contributed by atoms with E-state index in [9.17, 15) is 19.0 Å². The fourth-order valence-corrected chi connectivity index (χ4v) is 9.41. The summed E-state index contributed by atoms with van der Waals surface area (Å²) in [6.45, 7) is 3.41. The largest absolute Gasteiger partial charge is 0.472 e. The van der Waals surface area contributed by atoms with Crippen molar-refractivity contribution in [3.05, 3.63) is 109 Å². The molecule has 9 nitrogen and oxygen atoms in total. The molecule has 0 bridgehead atoms. The van der Waals surface area contributed by atoms with Crippen molar-refractivity contribution >= 4 is 19.8 Å². The molecule has 0 fully saturated rings. The first kappa shape index (κ1) is 73.7. The SMILES string of the molecule is CC/C=C\C/C=C\C/C=C\C/C=C\C/C=C\CC(=O)OC(COC(=O)CCCCCCCCCCCCCCCCCCCCCCCCCCCCCC/C=C\C/C=C\C/C=C\C/C=C\CC)COP(=O)(O)OCCN. The number of esters is 2. The van der Waals surface area contributed by atoms with Crippen LogP contribution in [-0.2, 0) is 32.7 Å². The van der Waals surface area contributed by atoms with E-state index in [1.807, 2.05) is 12.2 Å². The molecule has 0 rings (SSSR count). The van der Waals surface area contributed by atoms with Crippen molar-refractivity contribution in [3.63, 3.8) is 0 Å². The van der Waals surface area contributed by atoms with Gasteiger partial charge in [0.1, 0.15) is 6.61 Å². The highest BCUT2D eigenvalue weighted by Crippen LogP contribution is 2.43. The van der Waals surface area contributed by atoms with E-state index in [0.29, 0.717) is 6.42 Å². The Hall–Kier alpha value is -3.33. The van der Waals surface area contributed by atoms with Crippen LogP contribution in [0.5, 0.6) is 0 Å². The van der Waals surface area contributed by atoms with E-state index in [-0.39, 0.29) is 32.6 Å². The lowest BCUT2D eigenvalue weighted by Gasteiger charge is -2.19. The molecule has 0 aliphatic heterocycles. The predicted molar refractivity (Wildman–Crippen MR) is 330 cm³/mol. The first-order valence-corrected chi connectivity index (χ1v) is 32.9. The summed E-state index contributed by atoms with van der Waals surface area (Å²) in [5.74, 6) is -0.972. The van der Waals surface area contributed by atoms with Crippen molar-refractivity contribution in [2.45, 2.75) is 277 Å². The molecule has 3 N–H and O–H groups in total. The molecular formula is C67H116NO8P. The van der Waals surface area contributed by atoms with Crippen LogP contribution in [0.4, 0.5) is 0 Å². The first-order valence-electron chi connectivity index (χ1n) is 31.4. The highest BCUT2D eigenvalue weighted by molar-refractivity contribution is 7.47. The van der Waals surface area contributed by atoms with Crippen molar-refractivity contribution in [1.29, 1.82) is 0 Å². The van der Waals surface area contributed by atoms with Gasteiger partial charge in [0.15, 0.2) is 6.10 Å². The van der Waals surface area contributed by atoms with Crippen molar-refractivity contribution in [2.75, 3.05) is 26.4 Å². The van der Waals surface area contributed by atoms with Gasteiger partial charge >= 0.3 is 19.8 Å². The summed E-state index contributed by atoms with van der Waals surface area (Å²) in [4.78, 5) is 35.0. The molecule has 2 unspecified atom stereocenters. The number of phosphoric ester groups is 1. The van der Waals surface area contributed by atoms with Crippen LogP contribution < -0.4 is 5.73 Å². The van der Waals surface area contributed by atoms with E-state index in [2.05, 4.69) is 105 Å². The van der Waals surface area contributed by atoms with Crippen molar-refractivity contribution in [2.24, 2.45) is 5.73 Å². The topological polar surface area (TPSA) is 134 Å². The second-order valence-corrected chi connectivity index (χ2v) is 22.0. The fourth-order valence-electron chi connectivity index (χ4n) is 8.65. The molecule has 0 radical (unpaired) electrons. The Morgan fingerprint density at radius 1 is 0.403 bits per heavy atom. The maximum absolute atomic E-state index is 12.6. The van der Waals surface area contributed by atoms with Crippen LogP contribution in [0.25, 0.3) is 0 Å². The average Bonchev–Trinajstić information content (AvgIpc) is 3.42. The Morgan fingerprint density at radius 3 is 1.06 bits per heavy atom. The number of carbonyl (C=O) groups excluding carboxylic acids is 2. The van der Waals surface area contributed by atoms with Gasteiger partial charge in [0.05, 0.1) is 19.6 Å². The lowest BCUT2D eigenvalue weighted by molar-refractivity contribution is -0.160. The molecule has 0 aromatic carbocycles. The number of hydrogen-bond donors (Lipinski definition) is 2. The number of unbranched alkanes of at least 4 members (excludes halogenated alkanes) is 28. The molecule has 10 heteroatoms. The minimum absolute atomic E-state index is 0.00396. The summed E-state index contributed by atoms with van der Waals surface area (Å²) in [6.07, 6.45) is 85.2. The summed E-state index contributed by atoms with van der Waals surface area (Å²) in [7, 11) is -4.41. The molecule has 77 heavy (non-hydrogen) atoms. The normalized spacial score (nSPS) is 13.8. The van der Waals surface area contributed by atoms with Crippen molar-refractivity contribution < 1.29 is 37.6 Å². The third-order valence-electron chi connectivity index (χ3n) is 13.2. The van der Waals surface area contributed by atoms with E-state index < -0.39 is 32.5 Å². The molecule has 2 atom stereocenters. The Balaban J connectivity index is 3.78. The van der Waals surface area contributed by atoms with Gasteiger partial charge in [-0.3, -0.25) is 18.6 Å². The number of rotatable bonds is 58. The van der Waals surface area contributed by atoms with Crippen LogP contribution in [-0.4, -0.2) is 49.3 Å². The van der Waals surface area contributed by atoms with Gasteiger partial charge in [-0.25, -0.2) is 4.57 Å². The van der Waals surface area contributed by atoms with Gasteiger partial charge in [-0.15, -0.1) is 0 Å². The lowest BCUT2D eigenvalue weighted by atomic mass is 10.0. The Bertz CT molecular complexity index is 1630. The summed E-state index contributed by atoms with van der Waals surface area (Å²) >= 11 is 0. The predicted octanol–water partition coefficient (Wildman–Crippen LogP) is 20.2. The second-order valence-electron chi connectivity index (χ2n) is 20.5. The maximum Gasteiger partial charge on any atom is 0.472 e. The van der Waals surface area contributed by atoms with E-state index in [1.54, 1.807) is 6.08 Å². The quantitative estimate of drug-likeness (QED) is 0.0264. The Morgan fingerprint density at radius 2 is 0.714 bits per heavy atom. The van der Waals surface area contributed by atoms with Crippen molar-refractivity contribution in [1.82, 2.24) is 0 Å². The molecule has 0 aromatic heterocycles. The molecule has 0 saturated carbocycles. The Kier molecular flexibility index (Phi) is 59.2. The molecule has 0 spiro atoms. The van der Waals surface area contributed by atoms with E-state index in [1.165, 1.54) is 167 Å².